The van der Waals surface area contributed by atoms with Crippen molar-refractivity contribution >= 4 is 15.9 Å². The van der Waals surface area contributed by atoms with Gasteiger partial charge in [-0.15, -0.1) is 0 Å². The maximum Gasteiger partial charge on any atom is 0.416 e. The lowest BCUT2D eigenvalue weighted by Gasteiger charge is -2.13. The molecular formula is C20H14F3NO4S. The molecule has 0 aliphatic carbocycles. The first kappa shape index (κ1) is 20.4. The summed E-state index contributed by atoms with van der Waals surface area (Å²) >= 11 is 0. The summed E-state index contributed by atoms with van der Waals surface area (Å²) in [4.78, 5) is 11.9. The highest BCUT2D eigenvalue weighted by molar-refractivity contribution is 7.90. The molecule has 3 rings (SSSR count). The van der Waals surface area contributed by atoms with Crippen LogP contribution in [0.25, 0.3) is 0 Å². The van der Waals surface area contributed by atoms with E-state index in [1.807, 2.05) is 0 Å². The third-order valence-electron chi connectivity index (χ3n) is 3.80. The van der Waals surface area contributed by atoms with E-state index in [9.17, 15) is 26.4 Å². The van der Waals surface area contributed by atoms with E-state index in [1.165, 1.54) is 18.2 Å². The Bertz CT molecular complexity index is 1130. The van der Waals surface area contributed by atoms with Crippen LogP contribution in [0, 0.1) is 0 Å². The Labute approximate surface area is 164 Å². The van der Waals surface area contributed by atoms with E-state index < -0.39 is 32.6 Å². The van der Waals surface area contributed by atoms with Gasteiger partial charge in [-0.25, -0.2) is 13.1 Å². The number of halogens is 3. The molecule has 0 aliphatic heterocycles. The van der Waals surface area contributed by atoms with Gasteiger partial charge in [0.05, 0.1) is 16.0 Å². The van der Waals surface area contributed by atoms with Crippen molar-refractivity contribution in [1.82, 2.24) is 4.72 Å². The van der Waals surface area contributed by atoms with Gasteiger partial charge in [0.15, 0.2) is 0 Å². The summed E-state index contributed by atoms with van der Waals surface area (Å²) in [6.07, 6.45) is -4.72. The fraction of sp³-hybridized carbons (Fsp3) is 0.0500. The Morgan fingerprint density at radius 3 is 2.21 bits per heavy atom. The van der Waals surface area contributed by atoms with Gasteiger partial charge >= 0.3 is 6.18 Å². The topological polar surface area (TPSA) is 72.5 Å². The molecule has 5 nitrogen and oxygen atoms in total. The largest absolute Gasteiger partial charge is 0.457 e. The molecular weight excluding hydrogens is 407 g/mol. The van der Waals surface area contributed by atoms with Crippen LogP contribution in [0.15, 0.2) is 83.8 Å². The van der Waals surface area contributed by atoms with Crippen LogP contribution >= 0.6 is 0 Å². The average Bonchev–Trinajstić information content (AvgIpc) is 2.68. The molecule has 0 aromatic heterocycles. The van der Waals surface area contributed by atoms with Gasteiger partial charge in [-0.1, -0.05) is 36.4 Å². The van der Waals surface area contributed by atoms with Crippen molar-refractivity contribution in [3.05, 3.63) is 90.0 Å². The number of nitrogens with one attached hydrogen (secondary N) is 1. The summed E-state index contributed by atoms with van der Waals surface area (Å²) in [5, 5.41) is 0. The van der Waals surface area contributed by atoms with Crippen LogP contribution in [0.2, 0.25) is 0 Å². The van der Waals surface area contributed by atoms with Crippen LogP contribution < -0.4 is 9.46 Å². The smallest absolute Gasteiger partial charge is 0.416 e. The highest BCUT2D eigenvalue weighted by atomic mass is 32.2. The monoisotopic (exact) mass is 421 g/mol. The molecule has 0 aliphatic rings. The third kappa shape index (κ3) is 4.94. The Morgan fingerprint density at radius 2 is 1.52 bits per heavy atom. The fourth-order valence-corrected chi connectivity index (χ4v) is 3.45. The molecule has 3 aromatic carbocycles. The first-order valence-electron chi connectivity index (χ1n) is 8.23. The summed E-state index contributed by atoms with van der Waals surface area (Å²) in [5.74, 6) is -0.516. The molecule has 0 fully saturated rings. The maximum atomic E-state index is 12.8. The second-order valence-corrected chi connectivity index (χ2v) is 7.55. The number of sulfonamides is 1. The lowest BCUT2D eigenvalue weighted by atomic mass is 10.2. The minimum absolute atomic E-state index is 0.0908. The lowest BCUT2D eigenvalue weighted by molar-refractivity contribution is -0.137. The second-order valence-electron chi connectivity index (χ2n) is 5.87. The Kier molecular flexibility index (Phi) is 5.60. The number of benzene rings is 3. The number of alkyl halides is 3. The number of hydrogen-bond acceptors (Lipinski definition) is 4. The maximum absolute atomic E-state index is 12.8. The Hall–Kier alpha value is -3.33. The quantitative estimate of drug-likeness (QED) is 0.653. The van der Waals surface area contributed by atoms with Gasteiger partial charge < -0.3 is 4.74 Å². The Morgan fingerprint density at radius 1 is 0.862 bits per heavy atom. The number of rotatable bonds is 5. The fourth-order valence-electron chi connectivity index (χ4n) is 2.43. The molecule has 0 spiro atoms. The lowest BCUT2D eigenvalue weighted by Crippen LogP contribution is -2.31. The molecule has 0 radical (unpaired) electrons. The standard InChI is InChI=1S/C20H14F3NO4S/c21-20(22,23)14-7-6-10-16(13-14)29(26,27)24-19(25)17-11-4-5-12-18(17)28-15-8-2-1-3-9-15/h1-13H,(H,24,25). The number of carbonyl (C=O) groups is 1. The number of amides is 1. The summed E-state index contributed by atoms with van der Waals surface area (Å²) in [6, 6.07) is 17.5. The van der Waals surface area contributed by atoms with E-state index in [4.69, 9.17) is 4.74 Å². The van der Waals surface area contributed by atoms with Gasteiger partial charge in [0.2, 0.25) is 0 Å². The van der Waals surface area contributed by atoms with Crippen molar-refractivity contribution in [2.24, 2.45) is 0 Å². The molecule has 0 saturated heterocycles. The van der Waals surface area contributed by atoms with E-state index in [1.54, 1.807) is 41.1 Å². The minimum Gasteiger partial charge on any atom is -0.457 e. The summed E-state index contributed by atoms with van der Waals surface area (Å²) in [5.41, 5.74) is -1.23. The highest BCUT2D eigenvalue weighted by Gasteiger charge is 2.32. The Balaban J connectivity index is 1.87. The zero-order valence-electron chi connectivity index (χ0n) is 14.7. The van der Waals surface area contributed by atoms with Gasteiger partial charge in [-0.05, 0) is 42.5 Å². The van der Waals surface area contributed by atoms with Crippen molar-refractivity contribution in [3.63, 3.8) is 0 Å². The third-order valence-corrected chi connectivity index (χ3v) is 5.13. The van der Waals surface area contributed by atoms with Gasteiger partial charge in [0.1, 0.15) is 11.5 Å². The summed E-state index contributed by atoms with van der Waals surface area (Å²) in [7, 11) is -4.54. The van der Waals surface area contributed by atoms with Crippen LogP contribution in [-0.4, -0.2) is 14.3 Å². The molecule has 0 unspecified atom stereocenters. The zero-order valence-corrected chi connectivity index (χ0v) is 15.5. The van der Waals surface area contributed by atoms with Crippen molar-refractivity contribution in [2.75, 3.05) is 0 Å². The van der Waals surface area contributed by atoms with E-state index in [2.05, 4.69) is 0 Å². The average molecular weight is 421 g/mol. The minimum atomic E-state index is -4.72. The zero-order chi connectivity index (χ0) is 21.1. The van der Waals surface area contributed by atoms with E-state index >= 15 is 0 Å². The molecule has 3 aromatic rings. The van der Waals surface area contributed by atoms with Crippen LogP contribution in [0.4, 0.5) is 13.2 Å². The molecule has 0 atom stereocenters. The number of para-hydroxylation sites is 2. The highest BCUT2D eigenvalue weighted by Crippen LogP contribution is 2.30. The normalized spacial score (nSPS) is 11.7. The van der Waals surface area contributed by atoms with E-state index in [0.717, 1.165) is 18.2 Å². The summed E-state index contributed by atoms with van der Waals surface area (Å²) < 4.78 is 70.8. The predicted octanol–water partition coefficient (Wildman–Crippen LogP) is 4.62. The molecule has 9 heteroatoms. The van der Waals surface area contributed by atoms with Crippen LogP contribution in [0.5, 0.6) is 11.5 Å². The van der Waals surface area contributed by atoms with Gasteiger partial charge in [0.25, 0.3) is 15.9 Å². The van der Waals surface area contributed by atoms with Crippen molar-refractivity contribution in [2.45, 2.75) is 11.1 Å². The molecule has 0 bridgehead atoms. The number of carbonyl (C=O) groups excluding carboxylic acids is 1. The molecule has 1 amide bonds. The van der Waals surface area contributed by atoms with Crippen molar-refractivity contribution in [3.8, 4) is 11.5 Å². The molecule has 150 valence electrons. The van der Waals surface area contributed by atoms with Crippen molar-refractivity contribution < 1.29 is 31.1 Å². The van der Waals surface area contributed by atoms with Gasteiger partial charge in [-0.3, -0.25) is 4.79 Å². The van der Waals surface area contributed by atoms with Crippen molar-refractivity contribution in [1.29, 1.82) is 0 Å². The summed E-state index contributed by atoms with van der Waals surface area (Å²) in [6.45, 7) is 0. The number of ether oxygens (including phenoxy) is 1. The van der Waals surface area contributed by atoms with Crippen LogP contribution in [-0.2, 0) is 16.2 Å². The molecule has 0 saturated carbocycles. The molecule has 29 heavy (non-hydrogen) atoms. The first-order valence-corrected chi connectivity index (χ1v) is 9.71. The SMILES string of the molecule is O=C(NS(=O)(=O)c1cccc(C(F)(F)F)c1)c1ccccc1Oc1ccccc1. The number of hydrogen-bond donors (Lipinski definition) is 1. The van der Waals surface area contributed by atoms with E-state index in [-0.39, 0.29) is 11.3 Å². The van der Waals surface area contributed by atoms with E-state index in [0.29, 0.717) is 11.8 Å². The van der Waals surface area contributed by atoms with Crippen LogP contribution in [0.3, 0.4) is 0 Å². The predicted molar refractivity (Wildman–Crippen MR) is 99.1 cm³/mol. The second kappa shape index (κ2) is 7.96. The molecule has 0 heterocycles. The molecule has 1 N–H and O–H groups in total. The van der Waals surface area contributed by atoms with Gasteiger partial charge in [-0.2, -0.15) is 13.2 Å². The van der Waals surface area contributed by atoms with Gasteiger partial charge in [0, 0.05) is 0 Å². The van der Waals surface area contributed by atoms with Crippen LogP contribution in [0.1, 0.15) is 15.9 Å². The first-order chi connectivity index (χ1) is 13.7.